The zero-order valence-corrected chi connectivity index (χ0v) is 15.8. The van der Waals surface area contributed by atoms with E-state index in [4.69, 9.17) is 4.52 Å². The molecule has 2 heterocycles. The normalized spacial score (nSPS) is 10.6. The minimum atomic E-state index is -0.450. The van der Waals surface area contributed by atoms with Crippen molar-refractivity contribution in [3.05, 3.63) is 88.2 Å². The van der Waals surface area contributed by atoms with E-state index < -0.39 is 4.92 Å². The van der Waals surface area contributed by atoms with Crippen LogP contribution < -0.4 is 5.32 Å². The Balaban J connectivity index is 1.54. The Bertz CT molecular complexity index is 1220. The molecule has 9 heteroatoms. The van der Waals surface area contributed by atoms with Crippen molar-refractivity contribution in [3.63, 3.8) is 0 Å². The van der Waals surface area contributed by atoms with Crippen LogP contribution in [0.4, 0.5) is 11.4 Å². The van der Waals surface area contributed by atoms with Crippen LogP contribution in [-0.2, 0) is 0 Å². The van der Waals surface area contributed by atoms with Gasteiger partial charge in [0.15, 0.2) is 0 Å². The molecular weight excluding hydrogens is 386 g/mol. The molecule has 1 N–H and O–H groups in total. The number of aromatic nitrogens is 3. The maximum atomic E-state index is 12.2. The molecule has 1 amide bonds. The molecule has 0 spiro atoms. The zero-order chi connectivity index (χ0) is 21.1. The second kappa shape index (κ2) is 7.92. The van der Waals surface area contributed by atoms with E-state index in [-0.39, 0.29) is 17.5 Å². The number of nitro benzene ring substituents is 1. The molecule has 4 rings (SSSR count). The van der Waals surface area contributed by atoms with Crippen LogP contribution in [0, 0.1) is 17.0 Å². The molecule has 2 aromatic carbocycles. The summed E-state index contributed by atoms with van der Waals surface area (Å²) in [6.45, 7) is 1.64. The second-order valence-corrected chi connectivity index (χ2v) is 6.40. The molecule has 0 radical (unpaired) electrons. The number of nitrogens with zero attached hydrogens (tertiary/aromatic N) is 4. The number of nitrogens with one attached hydrogen (secondary N) is 1. The molecule has 0 unspecified atom stereocenters. The number of rotatable bonds is 5. The van der Waals surface area contributed by atoms with Gasteiger partial charge < -0.3 is 9.84 Å². The maximum Gasteiger partial charge on any atom is 0.273 e. The van der Waals surface area contributed by atoms with Crippen molar-refractivity contribution in [1.29, 1.82) is 0 Å². The van der Waals surface area contributed by atoms with Gasteiger partial charge in [0.25, 0.3) is 17.5 Å². The fraction of sp³-hybridized carbons (Fsp3) is 0.0476. The Morgan fingerprint density at radius 1 is 1.10 bits per heavy atom. The third kappa shape index (κ3) is 3.76. The third-order valence-corrected chi connectivity index (χ3v) is 4.48. The molecular formula is C21H15N5O4. The van der Waals surface area contributed by atoms with Gasteiger partial charge in [0.05, 0.1) is 10.5 Å². The van der Waals surface area contributed by atoms with Crippen LogP contribution in [0.15, 0.2) is 71.5 Å². The van der Waals surface area contributed by atoms with Gasteiger partial charge in [-0.3, -0.25) is 19.9 Å². The summed E-state index contributed by atoms with van der Waals surface area (Å²) >= 11 is 0. The molecule has 0 aliphatic rings. The predicted molar refractivity (Wildman–Crippen MR) is 109 cm³/mol. The summed E-state index contributed by atoms with van der Waals surface area (Å²) in [5, 5.41) is 17.9. The zero-order valence-electron chi connectivity index (χ0n) is 15.8. The first kappa shape index (κ1) is 18.9. The van der Waals surface area contributed by atoms with E-state index in [1.807, 2.05) is 0 Å². The average Bonchev–Trinajstić information content (AvgIpc) is 3.25. The summed E-state index contributed by atoms with van der Waals surface area (Å²) in [5.74, 6) is 0.264. The minimum absolute atomic E-state index is 0.0130. The summed E-state index contributed by atoms with van der Waals surface area (Å²) in [4.78, 5) is 31.2. The van der Waals surface area contributed by atoms with Gasteiger partial charge in [0.2, 0.25) is 5.82 Å². The highest BCUT2D eigenvalue weighted by molar-refractivity contribution is 6.04. The lowest BCUT2D eigenvalue weighted by Crippen LogP contribution is -2.11. The highest BCUT2D eigenvalue weighted by atomic mass is 16.6. The fourth-order valence-electron chi connectivity index (χ4n) is 2.91. The van der Waals surface area contributed by atoms with E-state index in [0.717, 1.165) is 0 Å². The van der Waals surface area contributed by atoms with Crippen LogP contribution in [0.1, 0.15) is 15.9 Å². The van der Waals surface area contributed by atoms with Crippen molar-refractivity contribution >= 4 is 17.3 Å². The van der Waals surface area contributed by atoms with Gasteiger partial charge in [0, 0.05) is 40.8 Å². The lowest BCUT2D eigenvalue weighted by molar-refractivity contribution is -0.385. The molecule has 0 saturated heterocycles. The van der Waals surface area contributed by atoms with Gasteiger partial charge in [0.1, 0.15) is 0 Å². The molecule has 148 valence electrons. The highest BCUT2D eigenvalue weighted by Crippen LogP contribution is 2.30. The van der Waals surface area contributed by atoms with Crippen molar-refractivity contribution in [1.82, 2.24) is 15.1 Å². The largest absolute Gasteiger partial charge is 0.334 e. The quantitative estimate of drug-likeness (QED) is 0.391. The Labute approximate surface area is 170 Å². The summed E-state index contributed by atoms with van der Waals surface area (Å²) < 4.78 is 5.31. The van der Waals surface area contributed by atoms with Crippen LogP contribution in [0.3, 0.4) is 0 Å². The number of pyridine rings is 1. The smallest absolute Gasteiger partial charge is 0.273 e. The van der Waals surface area contributed by atoms with Crippen LogP contribution >= 0.6 is 0 Å². The van der Waals surface area contributed by atoms with E-state index in [2.05, 4.69) is 20.4 Å². The van der Waals surface area contributed by atoms with Crippen LogP contribution in [0.2, 0.25) is 0 Å². The van der Waals surface area contributed by atoms with Gasteiger partial charge in [-0.25, -0.2) is 0 Å². The average molecular weight is 401 g/mol. The fourth-order valence-corrected chi connectivity index (χ4v) is 2.91. The lowest BCUT2D eigenvalue weighted by Gasteiger charge is -2.05. The van der Waals surface area contributed by atoms with Gasteiger partial charge in [-0.05, 0) is 49.4 Å². The molecule has 9 nitrogen and oxygen atoms in total. The first-order chi connectivity index (χ1) is 14.5. The van der Waals surface area contributed by atoms with E-state index >= 15 is 0 Å². The summed E-state index contributed by atoms with van der Waals surface area (Å²) in [6, 6.07) is 15.0. The number of hydrogen-bond acceptors (Lipinski definition) is 7. The topological polar surface area (TPSA) is 124 Å². The molecule has 0 aliphatic carbocycles. The van der Waals surface area contributed by atoms with Crippen molar-refractivity contribution in [3.8, 4) is 22.8 Å². The molecule has 0 atom stereocenters. The Morgan fingerprint density at radius 3 is 2.60 bits per heavy atom. The monoisotopic (exact) mass is 401 g/mol. The van der Waals surface area contributed by atoms with E-state index in [0.29, 0.717) is 33.8 Å². The van der Waals surface area contributed by atoms with Gasteiger partial charge in [-0.15, -0.1) is 0 Å². The maximum absolute atomic E-state index is 12.2. The van der Waals surface area contributed by atoms with Gasteiger partial charge >= 0.3 is 0 Å². The van der Waals surface area contributed by atoms with Gasteiger partial charge in [-0.1, -0.05) is 11.2 Å². The van der Waals surface area contributed by atoms with E-state index in [9.17, 15) is 14.9 Å². The number of benzene rings is 2. The summed E-state index contributed by atoms with van der Waals surface area (Å²) in [5.41, 5.74) is 2.67. The lowest BCUT2D eigenvalue weighted by atomic mass is 10.1. The predicted octanol–water partition coefficient (Wildman–Crippen LogP) is 4.27. The second-order valence-electron chi connectivity index (χ2n) is 6.40. The van der Waals surface area contributed by atoms with Crippen LogP contribution in [-0.4, -0.2) is 26.0 Å². The molecule has 0 saturated carbocycles. The number of hydrogen-bond donors (Lipinski definition) is 1. The van der Waals surface area contributed by atoms with Crippen molar-refractivity contribution < 1.29 is 14.2 Å². The van der Waals surface area contributed by atoms with Crippen molar-refractivity contribution in [2.24, 2.45) is 0 Å². The Kier molecular flexibility index (Phi) is 5.00. The van der Waals surface area contributed by atoms with E-state index in [1.54, 1.807) is 61.7 Å². The minimum Gasteiger partial charge on any atom is -0.334 e. The molecule has 0 bridgehead atoms. The number of carbonyl (C=O) groups excluding carboxylic acids is 1. The van der Waals surface area contributed by atoms with Crippen LogP contribution in [0.25, 0.3) is 22.8 Å². The molecule has 4 aromatic rings. The Morgan fingerprint density at radius 2 is 1.90 bits per heavy atom. The third-order valence-electron chi connectivity index (χ3n) is 4.48. The van der Waals surface area contributed by atoms with Crippen LogP contribution in [0.5, 0.6) is 0 Å². The standard InChI is InChI=1S/C21H15N5O4/c1-13-17(5-2-6-18(13)26(28)29)21-24-19(25-30-21)14-7-9-16(10-8-14)23-20(27)15-4-3-11-22-12-15/h2-12H,1H3,(H,23,27). The SMILES string of the molecule is Cc1c(-c2nc(-c3ccc(NC(=O)c4cccnc4)cc3)no2)cccc1[N+](=O)[O-]. The van der Waals surface area contributed by atoms with Crippen molar-refractivity contribution in [2.75, 3.05) is 5.32 Å². The number of carbonyl (C=O) groups is 1. The summed E-state index contributed by atoms with van der Waals surface area (Å²) in [6.07, 6.45) is 3.08. The summed E-state index contributed by atoms with van der Waals surface area (Å²) in [7, 11) is 0. The van der Waals surface area contributed by atoms with Crippen molar-refractivity contribution in [2.45, 2.75) is 6.92 Å². The molecule has 2 aromatic heterocycles. The van der Waals surface area contributed by atoms with Gasteiger partial charge in [-0.2, -0.15) is 4.98 Å². The first-order valence-corrected chi connectivity index (χ1v) is 8.93. The number of nitro groups is 1. The molecule has 0 aliphatic heterocycles. The molecule has 0 fully saturated rings. The van der Waals surface area contributed by atoms with E-state index in [1.165, 1.54) is 12.3 Å². The first-order valence-electron chi connectivity index (χ1n) is 8.93. The number of amides is 1. The number of anilines is 1. The molecule has 30 heavy (non-hydrogen) atoms. The Hall–Kier alpha value is -4.40. The highest BCUT2D eigenvalue weighted by Gasteiger charge is 2.19.